The van der Waals surface area contributed by atoms with Gasteiger partial charge in [-0.15, -0.1) is 22.7 Å². The Morgan fingerprint density at radius 1 is 0.861 bits per heavy atom. The van der Waals surface area contributed by atoms with Crippen LogP contribution in [0.25, 0.3) is 42.2 Å². The van der Waals surface area contributed by atoms with E-state index in [9.17, 15) is 14.4 Å². The molecule has 6 aromatic rings. The topological polar surface area (TPSA) is 124 Å². The third-order valence-corrected chi connectivity index (χ3v) is 7.34. The molecule has 0 amide bonds. The third kappa shape index (κ3) is 4.17. The molecule has 0 bridgehead atoms. The molecule has 0 saturated heterocycles. The Hall–Kier alpha value is -3.93. The Bertz CT molecular complexity index is 1860. The lowest BCUT2D eigenvalue weighted by molar-refractivity contribution is 0.0592. The minimum absolute atomic E-state index is 0.249. The molecular weight excluding hydrogens is 524 g/mol. The number of aromatic amines is 1. The minimum Gasteiger partial charge on any atom is -0.465 e. The Morgan fingerprint density at radius 3 is 2.11 bits per heavy atom. The van der Waals surface area contributed by atoms with Crippen LogP contribution in [0.5, 0.6) is 0 Å². The molecule has 2 aromatic carbocycles. The average molecular weight is 539 g/mol. The highest BCUT2D eigenvalue weighted by Gasteiger charge is 2.13. The molecule has 0 aliphatic carbocycles. The summed E-state index contributed by atoms with van der Waals surface area (Å²) in [4.78, 5) is 49.8. The highest BCUT2D eigenvalue weighted by atomic mass is 35.5. The number of nitrogens with zero attached hydrogens (tertiary/aromatic N) is 3. The second-order valence-corrected chi connectivity index (χ2v) is 9.46. The number of rotatable bonds is 2. The van der Waals surface area contributed by atoms with Crippen molar-refractivity contribution in [1.82, 2.24) is 19.9 Å². The van der Waals surface area contributed by atoms with Crippen LogP contribution in [-0.4, -0.2) is 46.1 Å². The van der Waals surface area contributed by atoms with Gasteiger partial charge in [0, 0.05) is 10.8 Å². The van der Waals surface area contributed by atoms with Gasteiger partial charge in [-0.3, -0.25) is 4.79 Å². The maximum atomic E-state index is 11.8. The maximum Gasteiger partial charge on any atom is 0.337 e. The molecule has 12 heteroatoms. The van der Waals surface area contributed by atoms with Crippen LogP contribution in [0.2, 0.25) is 5.15 Å². The molecule has 0 fully saturated rings. The number of carbonyl (C=O) groups is 2. The van der Waals surface area contributed by atoms with Gasteiger partial charge in [0.05, 0.1) is 56.8 Å². The SMILES string of the molecule is COC(=O)c1ccc2c(c1)[nH]c(=O)c1ncsc12.COC(=O)c1ccc2c(c1)nc(Cl)c1ncsc12. The predicted molar refractivity (Wildman–Crippen MR) is 140 cm³/mol. The first-order valence-corrected chi connectivity index (χ1v) is 12.4. The number of halogens is 1. The van der Waals surface area contributed by atoms with E-state index in [1.165, 1.54) is 36.9 Å². The molecule has 4 heterocycles. The van der Waals surface area contributed by atoms with Crippen LogP contribution in [0.4, 0.5) is 0 Å². The van der Waals surface area contributed by atoms with Crippen LogP contribution in [-0.2, 0) is 9.47 Å². The van der Waals surface area contributed by atoms with Gasteiger partial charge in [0.1, 0.15) is 11.0 Å². The first-order valence-electron chi connectivity index (χ1n) is 10.3. The van der Waals surface area contributed by atoms with Gasteiger partial charge in [-0.05, 0) is 24.3 Å². The molecule has 0 radical (unpaired) electrons. The van der Waals surface area contributed by atoms with E-state index >= 15 is 0 Å². The highest BCUT2D eigenvalue weighted by molar-refractivity contribution is 7.18. The fourth-order valence-electron chi connectivity index (χ4n) is 3.67. The third-order valence-electron chi connectivity index (χ3n) is 5.36. The lowest BCUT2D eigenvalue weighted by Crippen LogP contribution is -2.07. The van der Waals surface area contributed by atoms with E-state index in [1.54, 1.807) is 41.4 Å². The summed E-state index contributed by atoms with van der Waals surface area (Å²) < 4.78 is 11.1. The number of thiazole rings is 2. The fraction of sp³-hybridized carbons (Fsp3) is 0.0833. The summed E-state index contributed by atoms with van der Waals surface area (Å²) in [5.74, 6) is -0.818. The number of pyridine rings is 2. The van der Waals surface area contributed by atoms with Gasteiger partial charge in [-0.1, -0.05) is 23.7 Å². The van der Waals surface area contributed by atoms with Crippen molar-refractivity contribution in [2.24, 2.45) is 0 Å². The van der Waals surface area contributed by atoms with Gasteiger partial charge >= 0.3 is 11.9 Å². The number of esters is 2. The van der Waals surface area contributed by atoms with Gasteiger partial charge < -0.3 is 14.5 Å². The van der Waals surface area contributed by atoms with E-state index in [1.807, 2.05) is 6.07 Å². The first-order chi connectivity index (χ1) is 17.4. The van der Waals surface area contributed by atoms with Gasteiger partial charge in [0.15, 0.2) is 5.15 Å². The highest BCUT2D eigenvalue weighted by Crippen LogP contribution is 2.31. The average Bonchev–Trinajstić information content (AvgIpc) is 3.59. The van der Waals surface area contributed by atoms with E-state index in [0.717, 1.165) is 20.2 Å². The number of benzene rings is 2. The molecule has 0 spiro atoms. The molecule has 6 rings (SSSR count). The largest absolute Gasteiger partial charge is 0.465 e. The Kier molecular flexibility index (Phi) is 6.35. The van der Waals surface area contributed by atoms with Gasteiger partial charge in [-0.2, -0.15) is 0 Å². The standard InChI is InChI=1S/C12H7ClN2O2S.C12H8N2O3S/c1-17-12(16)6-2-3-7-8(4-6)15-11(13)9-10(7)18-5-14-9;1-17-12(16)6-2-3-7-8(4-6)14-11(15)9-10(7)18-5-13-9/h2-5H,1H3;2-5H,1H3,(H,14,15). The van der Waals surface area contributed by atoms with Crippen molar-refractivity contribution in [2.75, 3.05) is 14.2 Å². The first kappa shape index (κ1) is 23.8. The summed E-state index contributed by atoms with van der Waals surface area (Å²) in [5.41, 5.74) is 6.37. The van der Waals surface area contributed by atoms with E-state index in [4.69, 9.17) is 11.6 Å². The zero-order valence-corrected chi connectivity index (χ0v) is 21.1. The van der Waals surface area contributed by atoms with Crippen molar-refractivity contribution in [3.05, 3.63) is 74.1 Å². The van der Waals surface area contributed by atoms with Crippen molar-refractivity contribution >= 4 is 88.5 Å². The van der Waals surface area contributed by atoms with Crippen LogP contribution in [0.15, 0.2) is 52.2 Å². The number of carbonyl (C=O) groups excluding carboxylic acids is 2. The van der Waals surface area contributed by atoms with Gasteiger partial charge in [-0.25, -0.2) is 24.5 Å². The van der Waals surface area contributed by atoms with Crippen LogP contribution < -0.4 is 5.56 Å². The predicted octanol–water partition coefficient (Wildman–Crippen LogP) is 5.21. The number of nitrogens with one attached hydrogen (secondary N) is 1. The molecular formula is C24H15ClN4O5S2. The second-order valence-electron chi connectivity index (χ2n) is 7.39. The van der Waals surface area contributed by atoms with E-state index in [0.29, 0.717) is 38.3 Å². The molecule has 9 nitrogen and oxygen atoms in total. The number of ether oxygens (including phenoxy) is 2. The number of methoxy groups -OCH3 is 2. The smallest absolute Gasteiger partial charge is 0.337 e. The maximum absolute atomic E-state index is 11.8. The molecule has 1 N–H and O–H groups in total. The van der Waals surface area contributed by atoms with Crippen LogP contribution in [0.3, 0.4) is 0 Å². The summed E-state index contributed by atoms with van der Waals surface area (Å²) in [7, 11) is 2.67. The molecule has 0 aliphatic rings. The van der Waals surface area contributed by atoms with Crippen molar-refractivity contribution < 1.29 is 19.1 Å². The molecule has 0 atom stereocenters. The molecule has 0 saturated carbocycles. The fourth-order valence-corrected chi connectivity index (χ4v) is 5.61. The Balaban J connectivity index is 0.000000148. The van der Waals surface area contributed by atoms with Gasteiger partial charge in [0.25, 0.3) is 5.56 Å². The molecule has 36 heavy (non-hydrogen) atoms. The van der Waals surface area contributed by atoms with Gasteiger partial charge in [0.2, 0.25) is 0 Å². The molecule has 180 valence electrons. The molecule has 0 unspecified atom stereocenters. The summed E-state index contributed by atoms with van der Waals surface area (Å²) in [6, 6.07) is 10.3. The van der Waals surface area contributed by atoms with E-state index in [2.05, 4.69) is 29.4 Å². The molecule has 0 aliphatic heterocycles. The number of fused-ring (bicyclic) bond motifs is 6. The normalized spacial score (nSPS) is 11.0. The number of hydrogen-bond acceptors (Lipinski definition) is 10. The quantitative estimate of drug-likeness (QED) is 0.235. The summed E-state index contributed by atoms with van der Waals surface area (Å²) >= 11 is 8.96. The van der Waals surface area contributed by atoms with E-state index < -0.39 is 5.97 Å². The molecule has 4 aromatic heterocycles. The van der Waals surface area contributed by atoms with Crippen LogP contribution in [0.1, 0.15) is 20.7 Å². The van der Waals surface area contributed by atoms with Crippen LogP contribution in [0, 0.1) is 0 Å². The zero-order chi connectivity index (χ0) is 25.4. The van der Waals surface area contributed by atoms with E-state index in [-0.39, 0.29) is 11.5 Å². The number of aromatic nitrogens is 4. The number of hydrogen-bond donors (Lipinski definition) is 1. The zero-order valence-electron chi connectivity index (χ0n) is 18.7. The Labute approximate surface area is 215 Å². The van der Waals surface area contributed by atoms with Crippen LogP contribution >= 0.6 is 34.3 Å². The Morgan fingerprint density at radius 2 is 1.44 bits per heavy atom. The van der Waals surface area contributed by atoms with Crippen molar-refractivity contribution in [2.45, 2.75) is 0 Å². The minimum atomic E-state index is -0.429. The summed E-state index contributed by atoms with van der Waals surface area (Å²) in [5, 5.41) is 2.16. The van der Waals surface area contributed by atoms with Crippen molar-refractivity contribution in [3.8, 4) is 0 Å². The summed E-state index contributed by atoms with van der Waals surface area (Å²) in [6.07, 6.45) is 0. The number of H-pyrrole nitrogens is 1. The van der Waals surface area contributed by atoms with Crippen molar-refractivity contribution in [1.29, 1.82) is 0 Å². The monoisotopic (exact) mass is 538 g/mol. The summed E-state index contributed by atoms with van der Waals surface area (Å²) in [6.45, 7) is 0. The van der Waals surface area contributed by atoms with Crippen molar-refractivity contribution in [3.63, 3.8) is 0 Å². The lowest BCUT2D eigenvalue weighted by Gasteiger charge is -2.03. The lowest BCUT2D eigenvalue weighted by atomic mass is 10.1. The second kappa shape index (κ2) is 9.61.